The van der Waals surface area contributed by atoms with Crippen LogP contribution in [0.4, 0.5) is 0 Å². The molecular weight excluding hydrogens is 384 g/mol. The molecular formula is C27H38N2O2. The molecule has 4 nitrogen and oxygen atoms in total. The number of carbonyl (C=O) groups excluding carboxylic acids is 2. The summed E-state index contributed by atoms with van der Waals surface area (Å²) in [7, 11) is 0. The normalized spacial score (nSPS) is 12.8. The lowest BCUT2D eigenvalue weighted by Gasteiger charge is -2.33. The first-order chi connectivity index (χ1) is 14.9. The maximum Gasteiger partial charge on any atom is 0.251 e. The van der Waals surface area contributed by atoms with Crippen LogP contribution >= 0.6 is 0 Å². The molecule has 0 aliphatic rings. The third-order valence-corrected chi connectivity index (χ3v) is 6.16. The van der Waals surface area contributed by atoms with E-state index in [-0.39, 0.29) is 17.2 Å². The Kier molecular flexibility index (Phi) is 9.77. The van der Waals surface area contributed by atoms with Gasteiger partial charge in [-0.15, -0.1) is 0 Å². The topological polar surface area (TPSA) is 58.2 Å². The van der Waals surface area contributed by atoms with E-state index < -0.39 is 0 Å². The summed E-state index contributed by atoms with van der Waals surface area (Å²) in [6, 6.07) is 15.4. The molecule has 0 aromatic heterocycles. The molecule has 0 aliphatic carbocycles. The molecule has 0 saturated heterocycles. The average Bonchev–Trinajstić information content (AvgIpc) is 2.77. The molecule has 0 unspecified atom stereocenters. The summed E-state index contributed by atoms with van der Waals surface area (Å²) >= 11 is 0. The van der Waals surface area contributed by atoms with E-state index in [1.165, 1.54) is 0 Å². The largest absolute Gasteiger partial charge is 0.352 e. The van der Waals surface area contributed by atoms with Gasteiger partial charge in [0, 0.05) is 24.2 Å². The minimum Gasteiger partial charge on any atom is -0.352 e. The first-order valence-corrected chi connectivity index (χ1v) is 11.6. The Labute approximate surface area is 187 Å². The van der Waals surface area contributed by atoms with E-state index in [4.69, 9.17) is 0 Å². The van der Waals surface area contributed by atoms with Gasteiger partial charge in [0.2, 0.25) is 0 Å². The summed E-state index contributed by atoms with van der Waals surface area (Å²) in [5, 5.41) is 6.23. The Morgan fingerprint density at radius 1 is 0.806 bits per heavy atom. The van der Waals surface area contributed by atoms with E-state index >= 15 is 0 Å². The Morgan fingerprint density at radius 3 is 1.87 bits per heavy atom. The van der Waals surface area contributed by atoms with Crippen molar-refractivity contribution in [1.29, 1.82) is 0 Å². The second kappa shape index (κ2) is 12.3. The first-order valence-electron chi connectivity index (χ1n) is 11.6. The zero-order valence-corrected chi connectivity index (χ0v) is 19.6. The lowest BCUT2D eigenvalue weighted by atomic mass is 9.76. The van der Waals surface area contributed by atoms with E-state index in [0.29, 0.717) is 24.2 Å². The van der Waals surface area contributed by atoms with E-state index in [1.807, 2.05) is 62.4 Å². The van der Waals surface area contributed by atoms with Crippen LogP contribution in [0.3, 0.4) is 0 Å². The summed E-state index contributed by atoms with van der Waals surface area (Å²) in [4.78, 5) is 25.1. The molecule has 0 spiro atoms. The van der Waals surface area contributed by atoms with Crippen molar-refractivity contribution in [2.75, 3.05) is 13.1 Å². The highest BCUT2D eigenvalue weighted by Crippen LogP contribution is 2.33. The molecule has 0 radical (unpaired) electrons. The molecule has 168 valence electrons. The zero-order chi connectivity index (χ0) is 22.7. The first kappa shape index (κ1) is 24.6. The molecule has 0 heterocycles. The van der Waals surface area contributed by atoms with Gasteiger partial charge in [0.25, 0.3) is 11.8 Å². The highest BCUT2D eigenvalue weighted by atomic mass is 16.2. The van der Waals surface area contributed by atoms with Crippen LogP contribution < -0.4 is 10.6 Å². The highest BCUT2D eigenvalue weighted by molar-refractivity contribution is 5.94. The van der Waals surface area contributed by atoms with Crippen LogP contribution in [0, 0.1) is 19.3 Å². The van der Waals surface area contributed by atoms with Crippen LogP contribution in [-0.2, 0) is 0 Å². The minimum atomic E-state index is -0.0212. The standard InChI is InChI=1S/C27H38N2O2/c1-5-7-15-27(6-2,20-29-26(31)24-14-9-12-22(4)19-24)16-10-17-28-25(30)23-13-8-11-21(3)18-23/h8-9,11-14,18-19H,5-7,10,15-17,20H2,1-4H3,(H,28,30)(H,29,31)/t27-/m1/s1. The van der Waals surface area contributed by atoms with Crippen LogP contribution in [0.5, 0.6) is 0 Å². The predicted octanol–water partition coefficient (Wildman–Crippen LogP) is 5.83. The van der Waals surface area contributed by atoms with Crippen LogP contribution in [0.2, 0.25) is 0 Å². The molecule has 0 saturated carbocycles. The number of hydrogen-bond acceptors (Lipinski definition) is 2. The summed E-state index contributed by atoms with van der Waals surface area (Å²) in [6.45, 7) is 9.72. The monoisotopic (exact) mass is 422 g/mol. The number of benzene rings is 2. The Hall–Kier alpha value is -2.62. The van der Waals surface area contributed by atoms with Crippen LogP contribution in [0.25, 0.3) is 0 Å². The van der Waals surface area contributed by atoms with Gasteiger partial charge < -0.3 is 10.6 Å². The number of rotatable bonds is 12. The van der Waals surface area contributed by atoms with Gasteiger partial charge in [-0.3, -0.25) is 9.59 Å². The minimum absolute atomic E-state index is 0.00854. The molecule has 31 heavy (non-hydrogen) atoms. The van der Waals surface area contributed by atoms with E-state index in [9.17, 15) is 9.59 Å². The third kappa shape index (κ3) is 7.86. The number of carbonyl (C=O) groups is 2. The average molecular weight is 423 g/mol. The number of hydrogen-bond donors (Lipinski definition) is 2. The molecule has 2 N–H and O–H groups in total. The van der Waals surface area contributed by atoms with Crippen molar-refractivity contribution in [1.82, 2.24) is 10.6 Å². The highest BCUT2D eigenvalue weighted by Gasteiger charge is 2.28. The lowest BCUT2D eigenvalue weighted by Crippen LogP contribution is -2.38. The third-order valence-electron chi connectivity index (χ3n) is 6.16. The van der Waals surface area contributed by atoms with Gasteiger partial charge in [-0.1, -0.05) is 62.1 Å². The van der Waals surface area contributed by atoms with Crippen molar-refractivity contribution < 1.29 is 9.59 Å². The Bertz CT molecular complexity index is 862. The zero-order valence-electron chi connectivity index (χ0n) is 19.6. The summed E-state index contributed by atoms with van der Waals surface area (Å²) < 4.78 is 0. The molecule has 0 aliphatic heterocycles. The van der Waals surface area contributed by atoms with Crippen molar-refractivity contribution >= 4 is 11.8 Å². The number of aryl methyl sites for hydroxylation is 2. The molecule has 2 aromatic carbocycles. The maximum absolute atomic E-state index is 12.7. The van der Waals surface area contributed by atoms with E-state index in [0.717, 1.165) is 49.7 Å². The molecule has 1 atom stereocenters. The lowest BCUT2D eigenvalue weighted by molar-refractivity contribution is 0.0916. The van der Waals surface area contributed by atoms with Crippen molar-refractivity contribution in [2.45, 2.75) is 66.2 Å². The van der Waals surface area contributed by atoms with E-state index in [2.05, 4.69) is 24.5 Å². The van der Waals surface area contributed by atoms with Crippen LogP contribution in [0.1, 0.15) is 84.2 Å². The smallest absolute Gasteiger partial charge is 0.251 e. The summed E-state index contributed by atoms with van der Waals surface area (Å²) in [5.74, 6) is -0.0297. The molecule has 0 fully saturated rings. The van der Waals surface area contributed by atoms with Crippen molar-refractivity contribution in [3.63, 3.8) is 0 Å². The van der Waals surface area contributed by atoms with Crippen molar-refractivity contribution in [3.05, 3.63) is 70.8 Å². The van der Waals surface area contributed by atoms with Gasteiger partial charge in [-0.2, -0.15) is 0 Å². The van der Waals surface area contributed by atoms with Crippen molar-refractivity contribution in [2.24, 2.45) is 5.41 Å². The quantitative estimate of drug-likeness (QED) is 0.423. The number of amides is 2. The fourth-order valence-corrected chi connectivity index (χ4v) is 4.04. The second-order valence-electron chi connectivity index (χ2n) is 8.74. The SMILES string of the molecule is CCCC[C@](CC)(CCCNC(=O)c1cccc(C)c1)CNC(=O)c1cccc(C)c1. The molecule has 2 aromatic rings. The van der Waals surface area contributed by atoms with Crippen LogP contribution in [-0.4, -0.2) is 24.9 Å². The van der Waals surface area contributed by atoms with Gasteiger partial charge in [-0.05, 0) is 69.2 Å². The predicted molar refractivity (Wildman–Crippen MR) is 129 cm³/mol. The van der Waals surface area contributed by atoms with Gasteiger partial charge in [0.05, 0.1) is 0 Å². The number of unbranched alkanes of at least 4 members (excludes halogenated alkanes) is 1. The molecule has 2 rings (SSSR count). The molecule has 4 heteroatoms. The molecule has 0 bridgehead atoms. The Morgan fingerprint density at radius 2 is 1.35 bits per heavy atom. The summed E-state index contributed by atoms with van der Waals surface area (Å²) in [6.07, 6.45) is 6.25. The van der Waals surface area contributed by atoms with Gasteiger partial charge in [-0.25, -0.2) is 0 Å². The maximum atomic E-state index is 12.7. The fraction of sp³-hybridized carbons (Fsp3) is 0.481. The van der Waals surface area contributed by atoms with Gasteiger partial charge >= 0.3 is 0 Å². The van der Waals surface area contributed by atoms with E-state index in [1.54, 1.807) is 0 Å². The summed E-state index contributed by atoms with van der Waals surface area (Å²) in [5.41, 5.74) is 3.65. The van der Waals surface area contributed by atoms with Gasteiger partial charge in [0.15, 0.2) is 0 Å². The number of nitrogens with one attached hydrogen (secondary N) is 2. The second-order valence-corrected chi connectivity index (χ2v) is 8.74. The fourth-order valence-electron chi connectivity index (χ4n) is 4.04. The van der Waals surface area contributed by atoms with Crippen LogP contribution in [0.15, 0.2) is 48.5 Å². The van der Waals surface area contributed by atoms with Gasteiger partial charge in [0.1, 0.15) is 0 Å². The molecule has 2 amide bonds. The Balaban J connectivity index is 1.92. The van der Waals surface area contributed by atoms with Crippen molar-refractivity contribution in [3.8, 4) is 0 Å².